The molecule has 2 saturated carbocycles. The highest BCUT2D eigenvalue weighted by Gasteiger charge is 2.40. The summed E-state index contributed by atoms with van der Waals surface area (Å²) in [6.45, 7) is 9.86. The molecule has 3 fully saturated rings. The molecule has 3 atom stereocenters. The van der Waals surface area contributed by atoms with Crippen molar-refractivity contribution in [2.24, 2.45) is 11.3 Å². The Morgan fingerprint density at radius 2 is 1.86 bits per heavy atom. The van der Waals surface area contributed by atoms with Crippen molar-refractivity contribution in [2.45, 2.75) is 96.7 Å². The molecule has 0 amide bonds. The molecule has 21 heavy (non-hydrogen) atoms. The summed E-state index contributed by atoms with van der Waals surface area (Å²) < 4.78 is 0. The minimum atomic E-state index is 0.578. The zero-order chi connectivity index (χ0) is 14.9. The molecule has 1 N–H and O–H groups in total. The van der Waals surface area contributed by atoms with Gasteiger partial charge in [-0.2, -0.15) is 0 Å². The first-order valence-corrected chi connectivity index (χ1v) is 9.58. The third-order valence-electron chi connectivity index (χ3n) is 6.59. The first kappa shape index (κ1) is 15.8. The molecule has 1 saturated heterocycles. The van der Waals surface area contributed by atoms with Crippen molar-refractivity contribution in [3.05, 3.63) is 0 Å². The van der Waals surface area contributed by atoms with Gasteiger partial charge in [0.05, 0.1) is 0 Å². The molecular weight excluding hydrogens is 256 g/mol. The zero-order valence-corrected chi connectivity index (χ0v) is 14.5. The molecule has 1 heterocycles. The van der Waals surface area contributed by atoms with Gasteiger partial charge in [0.1, 0.15) is 0 Å². The van der Waals surface area contributed by atoms with Crippen molar-refractivity contribution >= 4 is 0 Å². The molecule has 2 nitrogen and oxygen atoms in total. The third kappa shape index (κ3) is 3.64. The van der Waals surface area contributed by atoms with Crippen LogP contribution in [0.3, 0.4) is 0 Å². The van der Waals surface area contributed by atoms with Gasteiger partial charge in [0, 0.05) is 31.2 Å². The Hall–Kier alpha value is -0.0800. The van der Waals surface area contributed by atoms with Crippen LogP contribution in [0.1, 0.15) is 78.6 Å². The molecule has 0 aromatic heterocycles. The van der Waals surface area contributed by atoms with E-state index in [1.165, 1.54) is 70.9 Å². The number of nitrogens with zero attached hydrogens (tertiary/aromatic N) is 1. The van der Waals surface area contributed by atoms with Gasteiger partial charge >= 0.3 is 0 Å². The largest absolute Gasteiger partial charge is 0.311 e. The Labute approximate surface area is 132 Å². The summed E-state index contributed by atoms with van der Waals surface area (Å²) in [5.41, 5.74) is 0.578. The van der Waals surface area contributed by atoms with E-state index in [4.69, 9.17) is 0 Å². The Morgan fingerprint density at radius 3 is 2.48 bits per heavy atom. The van der Waals surface area contributed by atoms with Gasteiger partial charge in [-0.25, -0.2) is 0 Å². The van der Waals surface area contributed by atoms with E-state index in [-0.39, 0.29) is 0 Å². The van der Waals surface area contributed by atoms with Crippen molar-refractivity contribution < 1.29 is 0 Å². The average molecular weight is 293 g/mol. The van der Waals surface area contributed by atoms with Gasteiger partial charge in [0.25, 0.3) is 0 Å². The first-order valence-electron chi connectivity index (χ1n) is 9.58. The maximum Gasteiger partial charge on any atom is 0.0224 e. The smallest absolute Gasteiger partial charge is 0.0224 e. The van der Waals surface area contributed by atoms with E-state index in [0.29, 0.717) is 5.41 Å². The summed E-state index contributed by atoms with van der Waals surface area (Å²) in [5.74, 6) is 0.952. The van der Waals surface area contributed by atoms with Gasteiger partial charge in [-0.1, -0.05) is 40.0 Å². The van der Waals surface area contributed by atoms with Crippen molar-refractivity contribution in [3.63, 3.8) is 0 Å². The third-order valence-corrected chi connectivity index (χ3v) is 6.59. The fourth-order valence-corrected chi connectivity index (χ4v) is 5.21. The Bertz CT molecular complexity index is 332. The standard InChI is InChI=1S/C19H36N2/c1-4-16-13-20-18(15-8-6-5-7-9-15)14-21(16)17-10-11-19(2,3)12-17/h15-18,20H,4-14H2,1-3H3. The maximum absolute atomic E-state index is 3.92. The van der Waals surface area contributed by atoms with Crippen molar-refractivity contribution in [1.82, 2.24) is 10.2 Å². The Kier molecular flexibility index (Phi) is 4.95. The van der Waals surface area contributed by atoms with Gasteiger partial charge in [0.2, 0.25) is 0 Å². The number of nitrogens with one attached hydrogen (secondary N) is 1. The lowest BCUT2D eigenvalue weighted by atomic mass is 9.82. The topological polar surface area (TPSA) is 15.3 Å². The molecule has 0 bridgehead atoms. The van der Waals surface area contributed by atoms with E-state index in [9.17, 15) is 0 Å². The van der Waals surface area contributed by atoms with Crippen molar-refractivity contribution in [2.75, 3.05) is 13.1 Å². The van der Waals surface area contributed by atoms with E-state index in [2.05, 4.69) is 31.0 Å². The molecule has 0 aromatic carbocycles. The molecule has 122 valence electrons. The van der Waals surface area contributed by atoms with E-state index < -0.39 is 0 Å². The minimum absolute atomic E-state index is 0.578. The SMILES string of the molecule is CCC1CNC(C2CCCCC2)CN1C1CCC(C)(C)C1. The second-order valence-electron chi connectivity index (χ2n) is 8.73. The summed E-state index contributed by atoms with van der Waals surface area (Å²) in [5, 5.41) is 3.92. The summed E-state index contributed by atoms with van der Waals surface area (Å²) in [6, 6.07) is 2.42. The summed E-state index contributed by atoms with van der Waals surface area (Å²) in [7, 11) is 0. The zero-order valence-electron chi connectivity index (χ0n) is 14.5. The second-order valence-corrected chi connectivity index (χ2v) is 8.73. The van der Waals surface area contributed by atoms with E-state index in [0.717, 1.165) is 24.0 Å². The fraction of sp³-hybridized carbons (Fsp3) is 1.00. The van der Waals surface area contributed by atoms with Gasteiger partial charge < -0.3 is 5.32 Å². The number of hydrogen-bond donors (Lipinski definition) is 1. The van der Waals surface area contributed by atoms with Crippen LogP contribution in [-0.2, 0) is 0 Å². The lowest BCUT2D eigenvalue weighted by molar-refractivity contribution is 0.0541. The van der Waals surface area contributed by atoms with Crippen LogP contribution in [0.2, 0.25) is 0 Å². The quantitative estimate of drug-likeness (QED) is 0.839. The highest BCUT2D eigenvalue weighted by Crippen LogP contribution is 2.41. The second kappa shape index (κ2) is 6.58. The summed E-state index contributed by atoms with van der Waals surface area (Å²) >= 11 is 0. The van der Waals surface area contributed by atoms with Crippen molar-refractivity contribution in [3.8, 4) is 0 Å². The Balaban J connectivity index is 1.64. The number of rotatable bonds is 3. The fourth-order valence-electron chi connectivity index (χ4n) is 5.21. The Morgan fingerprint density at radius 1 is 1.10 bits per heavy atom. The summed E-state index contributed by atoms with van der Waals surface area (Å²) in [6.07, 6.45) is 12.9. The molecule has 3 rings (SSSR count). The van der Waals surface area contributed by atoms with Gasteiger partial charge in [-0.05, 0) is 49.9 Å². The van der Waals surface area contributed by atoms with Crippen LogP contribution >= 0.6 is 0 Å². The summed E-state index contributed by atoms with van der Waals surface area (Å²) in [4.78, 5) is 2.92. The normalized spacial score (nSPS) is 38.7. The van der Waals surface area contributed by atoms with Crippen LogP contribution in [0.15, 0.2) is 0 Å². The number of piperazine rings is 1. The van der Waals surface area contributed by atoms with Crippen LogP contribution in [0.25, 0.3) is 0 Å². The van der Waals surface area contributed by atoms with E-state index >= 15 is 0 Å². The minimum Gasteiger partial charge on any atom is -0.311 e. The molecule has 1 aliphatic heterocycles. The van der Waals surface area contributed by atoms with Crippen molar-refractivity contribution in [1.29, 1.82) is 0 Å². The lowest BCUT2D eigenvalue weighted by Gasteiger charge is -2.46. The predicted molar refractivity (Wildman–Crippen MR) is 90.6 cm³/mol. The van der Waals surface area contributed by atoms with Crippen LogP contribution in [0.5, 0.6) is 0 Å². The van der Waals surface area contributed by atoms with Gasteiger partial charge in [-0.3, -0.25) is 4.90 Å². The van der Waals surface area contributed by atoms with Gasteiger partial charge in [-0.15, -0.1) is 0 Å². The monoisotopic (exact) mass is 292 g/mol. The predicted octanol–water partition coefficient (Wildman–Crippen LogP) is 4.20. The lowest BCUT2D eigenvalue weighted by Crippen LogP contribution is -2.61. The highest BCUT2D eigenvalue weighted by atomic mass is 15.3. The maximum atomic E-state index is 3.92. The molecule has 3 aliphatic rings. The average Bonchev–Trinajstić information content (AvgIpc) is 2.87. The molecule has 0 radical (unpaired) electrons. The van der Waals surface area contributed by atoms with Crippen LogP contribution in [-0.4, -0.2) is 36.1 Å². The molecule has 2 aliphatic carbocycles. The molecule has 0 spiro atoms. The molecule has 3 unspecified atom stereocenters. The molecule has 2 heteroatoms. The van der Waals surface area contributed by atoms with Crippen LogP contribution < -0.4 is 5.32 Å². The van der Waals surface area contributed by atoms with Gasteiger partial charge in [0.15, 0.2) is 0 Å². The van der Waals surface area contributed by atoms with E-state index in [1.807, 2.05) is 0 Å². The highest BCUT2D eigenvalue weighted by molar-refractivity contribution is 4.96. The first-order chi connectivity index (χ1) is 10.1. The molecule has 0 aromatic rings. The van der Waals surface area contributed by atoms with E-state index in [1.54, 1.807) is 0 Å². The van der Waals surface area contributed by atoms with Crippen LogP contribution in [0, 0.1) is 11.3 Å². The number of hydrogen-bond acceptors (Lipinski definition) is 2. The molecular formula is C19H36N2. The van der Waals surface area contributed by atoms with Crippen LogP contribution in [0.4, 0.5) is 0 Å².